The molecule has 0 aliphatic carbocycles. The van der Waals surface area contributed by atoms with Gasteiger partial charge in [0.05, 0.1) is 119 Å². The number of ether oxygens (including phenoxy) is 10. The molecule has 0 aliphatic heterocycles. The predicted octanol–water partition coefficient (Wildman–Crippen LogP) is 2.69. The molecule has 0 radical (unpaired) electrons. The molecule has 0 aromatic carbocycles. The molecule has 0 aliphatic rings. The van der Waals surface area contributed by atoms with Crippen LogP contribution in [0.1, 0.15) is 32.6 Å². The first kappa shape index (κ1) is 37.8. The summed E-state index contributed by atoms with van der Waals surface area (Å²) in [5.74, 6) is -0.156. The van der Waals surface area contributed by atoms with Gasteiger partial charge < -0.3 is 47.4 Å². The van der Waals surface area contributed by atoms with E-state index in [-0.39, 0.29) is 12.6 Å². The molecule has 38 heavy (non-hydrogen) atoms. The lowest BCUT2D eigenvalue weighted by molar-refractivity contribution is -0.145. The van der Waals surface area contributed by atoms with Gasteiger partial charge in [-0.3, -0.25) is 4.79 Å². The highest BCUT2D eigenvalue weighted by Gasteiger charge is 2.01. The number of rotatable bonds is 33. The standard InChI is InChI=1S/C26H51IO11/c1-2-3-4-5-26(28)38-25-24-37-23-22-36-21-20-35-19-18-34-17-16-33-15-14-32-13-12-31-11-10-30-9-8-29-7-6-27/h2-25H2,1H3. The second-order valence-corrected chi connectivity index (χ2v) is 8.96. The van der Waals surface area contributed by atoms with Gasteiger partial charge in [0, 0.05) is 10.8 Å². The monoisotopic (exact) mass is 666 g/mol. The Labute approximate surface area is 242 Å². The molecule has 0 heterocycles. The second kappa shape index (κ2) is 34.9. The minimum atomic E-state index is -0.156. The van der Waals surface area contributed by atoms with E-state index in [9.17, 15) is 4.79 Å². The van der Waals surface area contributed by atoms with Crippen molar-refractivity contribution in [1.29, 1.82) is 0 Å². The molecule has 0 unspecified atom stereocenters. The van der Waals surface area contributed by atoms with Gasteiger partial charge in [-0.25, -0.2) is 0 Å². The minimum absolute atomic E-state index is 0.156. The zero-order valence-corrected chi connectivity index (χ0v) is 25.5. The Hall–Kier alpha value is -0.160. The summed E-state index contributed by atoms with van der Waals surface area (Å²) in [7, 11) is 0. The average molecular weight is 667 g/mol. The lowest BCUT2D eigenvalue weighted by atomic mass is 10.2. The van der Waals surface area contributed by atoms with E-state index in [1.54, 1.807) is 0 Å². The SMILES string of the molecule is CCCCCC(=O)OCCOCCOCCOCCOCCOCCOCCOCCOCCOCCI. The maximum Gasteiger partial charge on any atom is 0.305 e. The van der Waals surface area contributed by atoms with Crippen LogP contribution in [0.2, 0.25) is 0 Å². The lowest BCUT2D eigenvalue weighted by Crippen LogP contribution is -2.15. The summed E-state index contributed by atoms with van der Waals surface area (Å²) in [5.41, 5.74) is 0. The number of halogens is 1. The van der Waals surface area contributed by atoms with Gasteiger partial charge in [-0.05, 0) is 6.42 Å². The van der Waals surface area contributed by atoms with E-state index >= 15 is 0 Å². The zero-order chi connectivity index (χ0) is 27.6. The van der Waals surface area contributed by atoms with Gasteiger partial charge in [0.1, 0.15) is 6.61 Å². The fourth-order valence-electron chi connectivity index (χ4n) is 2.72. The Kier molecular flexibility index (Phi) is 34.7. The highest BCUT2D eigenvalue weighted by atomic mass is 127. The molecule has 0 fully saturated rings. The lowest BCUT2D eigenvalue weighted by Gasteiger charge is -2.09. The molecule has 11 nitrogen and oxygen atoms in total. The number of esters is 1. The van der Waals surface area contributed by atoms with E-state index in [4.69, 9.17) is 47.4 Å². The summed E-state index contributed by atoms with van der Waals surface area (Å²) < 4.78 is 54.8. The van der Waals surface area contributed by atoms with Crippen molar-refractivity contribution >= 4 is 28.6 Å². The molecule has 0 rings (SSSR count). The molecular formula is C26H51IO11. The molecule has 0 spiro atoms. The van der Waals surface area contributed by atoms with Crippen LogP contribution < -0.4 is 0 Å². The fourth-order valence-corrected chi connectivity index (χ4v) is 3.03. The van der Waals surface area contributed by atoms with Gasteiger partial charge >= 0.3 is 5.97 Å². The van der Waals surface area contributed by atoms with E-state index in [1.807, 2.05) is 0 Å². The van der Waals surface area contributed by atoms with E-state index in [1.165, 1.54) is 0 Å². The van der Waals surface area contributed by atoms with Crippen molar-refractivity contribution in [3.8, 4) is 0 Å². The summed E-state index contributed by atoms with van der Waals surface area (Å²) in [6.07, 6.45) is 3.51. The molecule has 0 atom stereocenters. The van der Waals surface area contributed by atoms with Gasteiger partial charge in [-0.15, -0.1) is 0 Å². The van der Waals surface area contributed by atoms with E-state index < -0.39 is 0 Å². The Morgan fingerprint density at radius 3 is 1.03 bits per heavy atom. The summed E-state index contributed by atoms with van der Waals surface area (Å²) in [6.45, 7) is 11.9. The third kappa shape index (κ3) is 33.9. The fraction of sp³-hybridized carbons (Fsp3) is 0.962. The Morgan fingerprint density at radius 1 is 0.447 bits per heavy atom. The first-order valence-corrected chi connectivity index (χ1v) is 15.2. The summed E-state index contributed by atoms with van der Waals surface area (Å²) in [4.78, 5) is 11.4. The zero-order valence-electron chi connectivity index (χ0n) is 23.3. The normalized spacial score (nSPS) is 11.3. The Morgan fingerprint density at radius 2 is 0.737 bits per heavy atom. The van der Waals surface area contributed by atoms with E-state index in [2.05, 4.69) is 29.5 Å². The first-order chi connectivity index (χ1) is 18.8. The van der Waals surface area contributed by atoms with Crippen LogP contribution in [0.25, 0.3) is 0 Å². The molecule has 12 heteroatoms. The molecule has 0 saturated carbocycles. The summed E-state index contributed by atoms with van der Waals surface area (Å²) in [6, 6.07) is 0. The van der Waals surface area contributed by atoms with Crippen LogP contribution in [0.3, 0.4) is 0 Å². The largest absolute Gasteiger partial charge is 0.463 e. The van der Waals surface area contributed by atoms with E-state index in [0.29, 0.717) is 119 Å². The molecule has 0 N–H and O–H groups in total. The molecule has 0 aromatic rings. The molecule has 0 amide bonds. The van der Waals surface area contributed by atoms with Crippen molar-refractivity contribution in [3.63, 3.8) is 0 Å². The number of hydrogen-bond donors (Lipinski definition) is 0. The van der Waals surface area contributed by atoms with Gasteiger partial charge in [0.2, 0.25) is 0 Å². The van der Waals surface area contributed by atoms with E-state index in [0.717, 1.165) is 30.3 Å². The van der Waals surface area contributed by atoms with Gasteiger partial charge in [0.25, 0.3) is 0 Å². The molecule has 0 saturated heterocycles. The molecule has 228 valence electrons. The van der Waals surface area contributed by atoms with Crippen molar-refractivity contribution < 1.29 is 52.2 Å². The van der Waals surface area contributed by atoms with Crippen LogP contribution in [0.15, 0.2) is 0 Å². The van der Waals surface area contributed by atoms with Crippen LogP contribution in [0, 0.1) is 0 Å². The van der Waals surface area contributed by atoms with Gasteiger partial charge in [-0.1, -0.05) is 42.4 Å². The molecular weight excluding hydrogens is 615 g/mol. The maximum absolute atomic E-state index is 11.4. The van der Waals surface area contributed by atoms with Crippen LogP contribution in [-0.2, 0) is 52.2 Å². The van der Waals surface area contributed by atoms with Crippen molar-refractivity contribution in [2.75, 3.05) is 130 Å². The first-order valence-electron chi connectivity index (χ1n) is 13.7. The number of alkyl halides is 1. The smallest absolute Gasteiger partial charge is 0.305 e. The quantitative estimate of drug-likeness (QED) is 0.0447. The number of carbonyl (C=O) groups is 1. The number of unbranched alkanes of at least 4 members (excludes halogenated alkanes) is 2. The molecule has 0 bridgehead atoms. The van der Waals surface area contributed by atoms with Crippen molar-refractivity contribution in [3.05, 3.63) is 0 Å². The van der Waals surface area contributed by atoms with Crippen molar-refractivity contribution in [1.82, 2.24) is 0 Å². The van der Waals surface area contributed by atoms with Crippen LogP contribution in [0.5, 0.6) is 0 Å². The second-order valence-electron chi connectivity index (χ2n) is 7.88. The maximum atomic E-state index is 11.4. The highest BCUT2D eigenvalue weighted by Crippen LogP contribution is 2.00. The topological polar surface area (TPSA) is 109 Å². The van der Waals surface area contributed by atoms with Crippen molar-refractivity contribution in [2.45, 2.75) is 32.6 Å². The summed E-state index contributed by atoms with van der Waals surface area (Å²) in [5, 5.41) is 0. The average Bonchev–Trinajstić information content (AvgIpc) is 2.92. The Balaban J connectivity index is 3.06. The highest BCUT2D eigenvalue weighted by molar-refractivity contribution is 14.1. The van der Waals surface area contributed by atoms with Crippen LogP contribution >= 0.6 is 22.6 Å². The number of carbonyl (C=O) groups excluding carboxylic acids is 1. The molecule has 0 aromatic heterocycles. The van der Waals surface area contributed by atoms with Crippen LogP contribution in [-0.4, -0.2) is 136 Å². The van der Waals surface area contributed by atoms with Gasteiger partial charge in [-0.2, -0.15) is 0 Å². The minimum Gasteiger partial charge on any atom is -0.463 e. The third-order valence-electron chi connectivity index (χ3n) is 4.67. The summed E-state index contributed by atoms with van der Waals surface area (Å²) >= 11 is 2.28. The van der Waals surface area contributed by atoms with Gasteiger partial charge in [0.15, 0.2) is 0 Å². The van der Waals surface area contributed by atoms with Crippen molar-refractivity contribution in [2.24, 2.45) is 0 Å². The number of hydrogen-bond acceptors (Lipinski definition) is 11. The Bertz CT molecular complexity index is 461. The third-order valence-corrected chi connectivity index (χ3v) is 5.11. The van der Waals surface area contributed by atoms with Crippen LogP contribution in [0.4, 0.5) is 0 Å². The predicted molar refractivity (Wildman–Crippen MR) is 151 cm³/mol.